The molecule has 3 heterocycles. The van der Waals surface area contributed by atoms with Crippen molar-refractivity contribution in [1.82, 2.24) is 20.1 Å². The summed E-state index contributed by atoms with van der Waals surface area (Å²) in [5, 5.41) is 6.26. The third-order valence-electron chi connectivity index (χ3n) is 6.60. The summed E-state index contributed by atoms with van der Waals surface area (Å²) in [6, 6.07) is 2.35. The van der Waals surface area contributed by atoms with E-state index in [1.807, 2.05) is 6.92 Å². The molecule has 3 rings (SSSR count). The lowest BCUT2D eigenvalue weighted by molar-refractivity contribution is -0.275. The molecule has 1 atom stereocenters. The van der Waals surface area contributed by atoms with Gasteiger partial charge < -0.3 is 15.1 Å². The molecular formula is C24H27Cl2F5N4O2S. The van der Waals surface area contributed by atoms with Crippen LogP contribution in [-0.2, 0) is 11.3 Å². The number of rotatable bonds is 9. The van der Waals surface area contributed by atoms with Gasteiger partial charge in [-0.3, -0.25) is 9.59 Å². The number of aryl methyl sites for hydroxylation is 1. The van der Waals surface area contributed by atoms with Gasteiger partial charge >= 0.3 is 18.0 Å². The molecule has 0 radical (unpaired) electrons. The lowest BCUT2D eigenvalue weighted by atomic mass is 9.99. The normalized spacial score (nSPS) is 16.3. The summed E-state index contributed by atoms with van der Waals surface area (Å²) in [5.41, 5.74) is 1.31. The lowest BCUT2D eigenvalue weighted by Gasteiger charge is -2.41. The lowest BCUT2D eigenvalue weighted by Crippen LogP contribution is -2.57. The van der Waals surface area contributed by atoms with Gasteiger partial charge in [0.1, 0.15) is 10.3 Å². The smallest absolute Gasteiger partial charge is 0.352 e. The Kier molecular flexibility index (Phi) is 9.99. The summed E-state index contributed by atoms with van der Waals surface area (Å²) in [6.45, 7) is 4.42. The number of hydrogen-bond acceptors (Lipinski definition) is 5. The molecule has 0 unspecified atom stereocenters. The van der Waals surface area contributed by atoms with Crippen LogP contribution in [0.25, 0.3) is 0 Å². The molecule has 1 N–H and O–H groups in total. The number of pyridine rings is 1. The van der Waals surface area contributed by atoms with Crippen LogP contribution in [0.1, 0.15) is 47.7 Å². The highest BCUT2D eigenvalue weighted by Gasteiger charge is 2.65. The van der Waals surface area contributed by atoms with E-state index in [0.717, 1.165) is 0 Å². The topological polar surface area (TPSA) is 65.5 Å². The number of aromatic nitrogens is 1. The Labute approximate surface area is 231 Å². The molecular weight excluding hydrogens is 574 g/mol. The zero-order valence-electron chi connectivity index (χ0n) is 20.6. The van der Waals surface area contributed by atoms with Gasteiger partial charge in [-0.1, -0.05) is 23.2 Å². The van der Waals surface area contributed by atoms with Crippen molar-refractivity contribution < 1.29 is 31.5 Å². The Morgan fingerprint density at radius 3 is 2.45 bits per heavy atom. The number of hydrogen-bond donors (Lipinski definition) is 1. The van der Waals surface area contributed by atoms with Crippen molar-refractivity contribution in [2.75, 3.05) is 19.6 Å². The molecule has 0 aliphatic carbocycles. The second kappa shape index (κ2) is 12.4. The maximum atomic E-state index is 14.0. The molecule has 2 aromatic rings. The number of halogens is 7. The summed E-state index contributed by atoms with van der Waals surface area (Å²) in [4.78, 5) is 31.6. The third kappa shape index (κ3) is 7.13. The minimum atomic E-state index is -5.97. The minimum absolute atomic E-state index is 0.000254. The van der Waals surface area contributed by atoms with Gasteiger partial charge in [0.05, 0.1) is 5.56 Å². The van der Waals surface area contributed by atoms with E-state index in [-0.39, 0.29) is 41.3 Å². The monoisotopic (exact) mass is 600 g/mol. The van der Waals surface area contributed by atoms with Crippen molar-refractivity contribution in [2.45, 2.75) is 63.8 Å². The van der Waals surface area contributed by atoms with Crippen molar-refractivity contribution in [3.05, 3.63) is 49.9 Å². The highest BCUT2D eigenvalue weighted by atomic mass is 35.5. The number of nitrogens with zero attached hydrogens (tertiary/aromatic N) is 3. The number of alkyl halides is 5. The summed E-state index contributed by atoms with van der Waals surface area (Å²) in [5.74, 6) is -8.08. The number of piperidine rings is 1. The maximum absolute atomic E-state index is 14.0. The van der Waals surface area contributed by atoms with Gasteiger partial charge in [-0.15, -0.1) is 0 Å². The average molecular weight is 601 g/mol. The predicted molar refractivity (Wildman–Crippen MR) is 136 cm³/mol. The summed E-state index contributed by atoms with van der Waals surface area (Å²) in [7, 11) is 0. The van der Waals surface area contributed by atoms with Crippen LogP contribution in [0.3, 0.4) is 0 Å². The molecule has 14 heteroatoms. The van der Waals surface area contributed by atoms with Crippen molar-refractivity contribution in [1.29, 1.82) is 0 Å². The summed E-state index contributed by atoms with van der Waals surface area (Å²) < 4.78 is 66.8. The molecule has 2 aromatic heterocycles. The van der Waals surface area contributed by atoms with E-state index in [4.69, 9.17) is 23.2 Å². The van der Waals surface area contributed by atoms with Crippen LogP contribution in [0.15, 0.2) is 22.9 Å². The van der Waals surface area contributed by atoms with E-state index in [9.17, 15) is 31.5 Å². The van der Waals surface area contributed by atoms with Gasteiger partial charge in [-0.05, 0) is 67.1 Å². The SMILES string of the molecule is Cc1cc(Cl)nc(Cl)c1C(=O)NCC[C@@H](C)N1CCC(N(Cc2ccsc2)C(=O)C(F)(F)C(F)(F)F)CC1. The molecule has 0 spiro atoms. The van der Waals surface area contributed by atoms with Crippen LogP contribution in [-0.4, -0.2) is 70.4 Å². The molecule has 210 valence electrons. The first kappa shape index (κ1) is 30.5. The molecule has 1 aliphatic rings. The Balaban J connectivity index is 1.57. The highest BCUT2D eigenvalue weighted by molar-refractivity contribution is 7.07. The molecule has 0 saturated carbocycles. The van der Waals surface area contributed by atoms with Crippen LogP contribution < -0.4 is 5.32 Å². The van der Waals surface area contributed by atoms with E-state index >= 15 is 0 Å². The number of likely N-dealkylation sites (tertiary alicyclic amines) is 1. The van der Waals surface area contributed by atoms with Gasteiger partial charge in [0.25, 0.3) is 5.91 Å². The van der Waals surface area contributed by atoms with Gasteiger partial charge in [0.2, 0.25) is 0 Å². The van der Waals surface area contributed by atoms with E-state index < -0.39 is 30.0 Å². The first-order valence-electron chi connectivity index (χ1n) is 11.8. The Morgan fingerprint density at radius 2 is 1.89 bits per heavy atom. The number of carbonyl (C=O) groups is 2. The number of nitrogens with one attached hydrogen (secondary N) is 1. The number of amides is 2. The molecule has 1 aliphatic heterocycles. The maximum Gasteiger partial charge on any atom is 0.463 e. The van der Waals surface area contributed by atoms with Crippen molar-refractivity contribution >= 4 is 46.4 Å². The van der Waals surface area contributed by atoms with E-state index in [1.54, 1.807) is 23.8 Å². The van der Waals surface area contributed by atoms with Gasteiger partial charge in [0.15, 0.2) is 0 Å². The molecule has 6 nitrogen and oxygen atoms in total. The minimum Gasteiger partial charge on any atom is -0.352 e. The predicted octanol–water partition coefficient (Wildman–Crippen LogP) is 5.96. The second-order valence-corrected chi connectivity index (χ2v) is 10.8. The molecule has 1 saturated heterocycles. The summed E-state index contributed by atoms with van der Waals surface area (Å²) in [6.07, 6.45) is -4.93. The first-order chi connectivity index (χ1) is 17.7. The summed E-state index contributed by atoms with van der Waals surface area (Å²) >= 11 is 13.2. The van der Waals surface area contributed by atoms with Crippen LogP contribution in [0, 0.1) is 6.92 Å². The Hall–Kier alpha value is -2.02. The quantitative estimate of drug-likeness (QED) is 0.285. The molecule has 2 amide bonds. The molecule has 1 fully saturated rings. The second-order valence-electron chi connectivity index (χ2n) is 9.23. The Morgan fingerprint density at radius 1 is 1.24 bits per heavy atom. The zero-order chi connectivity index (χ0) is 28.3. The molecule has 38 heavy (non-hydrogen) atoms. The number of carbonyl (C=O) groups excluding carboxylic acids is 2. The fourth-order valence-electron chi connectivity index (χ4n) is 4.42. The molecule has 0 aromatic carbocycles. The van der Waals surface area contributed by atoms with E-state index in [2.05, 4.69) is 15.2 Å². The van der Waals surface area contributed by atoms with Crippen molar-refractivity contribution in [3.8, 4) is 0 Å². The largest absolute Gasteiger partial charge is 0.463 e. The van der Waals surface area contributed by atoms with Gasteiger partial charge in [0, 0.05) is 38.3 Å². The average Bonchev–Trinajstić information content (AvgIpc) is 3.34. The Bertz CT molecular complexity index is 1100. The molecule has 0 bridgehead atoms. The van der Waals surface area contributed by atoms with Gasteiger partial charge in [-0.25, -0.2) is 4.98 Å². The fraction of sp³-hybridized carbons (Fsp3) is 0.542. The van der Waals surface area contributed by atoms with Crippen molar-refractivity contribution in [3.63, 3.8) is 0 Å². The van der Waals surface area contributed by atoms with E-state index in [1.165, 1.54) is 17.4 Å². The third-order valence-corrected chi connectivity index (χ3v) is 7.80. The van der Waals surface area contributed by atoms with E-state index in [0.29, 0.717) is 42.1 Å². The standard InChI is InChI=1S/C24H27Cl2F5N4O2S/c1-14-11-18(25)33-20(26)19(14)21(36)32-7-3-15(2)34-8-4-17(5-9-34)35(12-16-6-10-38-13-16)22(37)23(27,28)24(29,30)31/h6,10-11,13,15,17H,3-5,7-9,12H2,1-2H3,(H,32,36)/t15-/m1/s1. The van der Waals surface area contributed by atoms with Crippen LogP contribution in [0.5, 0.6) is 0 Å². The van der Waals surface area contributed by atoms with Gasteiger partial charge in [-0.2, -0.15) is 33.3 Å². The number of thiophene rings is 1. The first-order valence-corrected chi connectivity index (χ1v) is 13.5. The van der Waals surface area contributed by atoms with Crippen LogP contribution in [0.2, 0.25) is 10.3 Å². The zero-order valence-corrected chi connectivity index (χ0v) is 23.0. The fourth-order valence-corrected chi connectivity index (χ4v) is 5.70. The van der Waals surface area contributed by atoms with Crippen molar-refractivity contribution in [2.24, 2.45) is 0 Å². The van der Waals surface area contributed by atoms with Crippen LogP contribution in [0.4, 0.5) is 22.0 Å². The van der Waals surface area contributed by atoms with Crippen LogP contribution >= 0.6 is 34.5 Å². The highest BCUT2D eigenvalue weighted by Crippen LogP contribution is 2.38.